The number of ether oxygens (including phenoxy) is 3. The van der Waals surface area contributed by atoms with Gasteiger partial charge in [0.15, 0.2) is 11.2 Å². The van der Waals surface area contributed by atoms with Gasteiger partial charge in [0, 0.05) is 51.7 Å². The number of phenols is 2. The fourth-order valence-corrected chi connectivity index (χ4v) is 12.1. The largest absolute Gasteiger partial charge is 0.507 e. The fourth-order valence-electron chi connectivity index (χ4n) is 11.4. The Hall–Kier alpha value is -6.30. The predicted octanol–water partition coefficient (Wildman–Crippen LogP) is 16.6. The summed E-state index contributed by atoms with van der Waals surface area (Å²) < 4.78 is 175. The smallest absolute Gasteiger partial charge is 0.450 e. The summed E-state index contributed by atoms with van der Waals surface area (Å²) in [6.07, 6.45) is -21.1. The van der Waals surface area contributed by atoms with Crippen molar-refractivity contribution in [1.29, 1.82) is 5.26 Å². The lowest BCUT2D eigenvalue weighted by Gasteiger charge is -2.38. The van der Waals surface area contributed by atoms with Gasteiger partial charge >= 0.3 is 30.7 Å². The van der Waals surface area contributed by atoms with Crippen LogP contribution in [0.4, 0.5) is 52.7 Å². The highest BCUT2D eigenvalue weighted by Gasteiger charge is 2.63. The Morgan fingerprint density at radius 3 is 1.48 bits per heavy atom. The second kappa shape index (κ2) is 31.9. The first-order chi connectivity index (χ1) is 43.4. The van der Waals surface area contributed by atoms with Gasteiger partial charge in [0.25, 0.3) is 5.60 Å². The molecule has 0 radical (unpaired) electrons. The molecule has 95 heavy (non-hydrogen) atoms. The van der Waals surface area contributed by atoms with Gasteiger partial charge in [-0.3, -0.25) is 4.79 Å². The molecule has 0 bridgehead atoms. The summed E-state index contributed by atoms with van der Waals surface area (Å²) in [6, 6.07) is 24.5. The third-order valence-corrected chi connectivity index (χ3v) is 17.3. The minimum absolute atomic E-state index is 0.0136. The van der Waals surface area contributed by atoms with Crippen LogP contribution in [-0.2, 0) is 68.1 Å². The zero-order chi connectivity index (χ0) is 73.1. The van der Waals surface area contributed by atoms with Crippen molar-refractivity contribution in [2.24, 2.45) is 0 Å². The lowest BCUT2D eigenvalue weighted by molar-refractivity contribution is -0.277. The zero-order valence-corrected chi connectivity index (χ0v) is 57.4. The van der Waals surface area contributed by atoms with Crippen LogP contribution in [0.3, 0.4) is 0 Å². The van der Waals surface area contributed by atoms with E-state index in [-0.39, 0.29) is 34.3 Å². The average Bonchev–Trinajstić information content (AvgIpc) is 1.62. The van der Waals surface area contributed by atoms with Crippen molar-refractivity contribution < 1.29 is 107 Å². The van der Waals surface area contributed by atoms with Crippen LogP contribution in [0.15, 0.2) is 89.4 Å². The molecule has 5 aromatic carbocycles. The summed E-state index contributed by atoms with van der Waals surface area (Å²) in [6.45, 7) is 18.2. The molecule has 1 aliphatic heterocycles. The lowest BCUT2D eigenvalue weighted by atomic mass is 9.72. The van der Waals surface area contributed by atoms with E-state index < -0.39 is 114 Å². The number of para-hydroxylation sites is 3. The number of rotatable bonds is 21. The number of phenolic OH excluding ortho intramolecular Hbond substituents is 2. The van der Waals surface area contributed by atoms with Crippen molar-refractivity contribution >= 4 is 39.3 Å². The first-order valence-corrected chi connectivity index (χ1v) is 31.2. The molecule has 0 saturated carbocycles. The van der Waals surface area contributed by atoms with Gasteiger partial charge in [-0.05, 0) is 118 Å². The molecule has 528 valence electrons. The van der Waals surface area contributed by atoms with E-state index in [2.05, 4.69) is 20.7 Å². The van der Waals surface area contributed by atoms with Gasteiger partial charge in [-0.1, -0.05) is 164 Å². The molecular formula is C69H83BrClF12NO11. The molecule has 26 heteroatoms. The third-order valence-electron chi connectivity index (χ3n) is 16.5. The van der Waals surface area contributed by atoms with Gasteiger partial charge in [0.1, 0.15) is 23.0 Å². The van der Waals surface area contributed by atoms with Gasteiger partial charge < -0.3 is 44.8 Å². The molecule has 0 aromatic heterocycles. The van der Waals surface area contributed by atoms with Crippen molar-refractivity contribution in [1.82, 2.24) is 0 Å². The van der Waals surface area contributed by atoms with Gasteiger partial charge in [0.2, 0.25) is 5.78 Å². The molecule has 1 heterocycles. The molecule has 6 N–H and O–H groups in total. The summed E-state index contributed by atoms with van der Waals surface area (Å²) in [4.78, 5) is 23.1. The number of methoxy groups -OCH3 is 1. The second-order valence-electron chi connectivity index (χ2n) is 25.8. The highest BCUT2D eigenvalue weighted by Crippen LogP contribution is 2.50. The summed E-state index contributed by atoms with van der Waals surface area (Å²) in [7, 11) is 1.49. The molecule has 0 saturated heterocycles. The normalized spacial score (nSPS) is 14.9. The number of aliphatic hydroxyl groups is 4. The van der Waals surface area contributed by atoms with Gasteiger partial charge in [-0.25, -0.2) is 4.79 Å². The number of aromatic hydroxyl groups is 2. The molecule has 0 amide bonds. The van der Waals surface area contributed by atoms with E-state index in [0.29, 0.717) is 81.6 Å². The van der Waals surface area contributed by atoms with E-state index in [4.69, 9.17) is 31.4 Å². The number of alkyl halides is 12. The first kappa shape index (κ1) is 82.9. The van der Waals surface area contributed by atoms with Crippen LogP contribution < -0.4 is 9.47 Å². The molecule has 3 unspecified atom stereocenters. The quantitative estimate of drug-likeness (QED) is 0.0300. The van der Waals surface area contributed by atoms with Crippen LogP contribution in [0.5, 0.6) is 23.0 Å². The van der Waals surface area contributed by atoms with Gasteiger partial charge in [0.05, 0.1) is 38.6 Å². The molecule has 0 fully saturated rings. The number of Topliss-reactive ketones (excluding diaryl/α,β-unsaturated/α-hetero) is 1. The van der Waals surface area contributed by atoms with Gasteiger partial charge in [-0.2, -0.15) is 57.9 Å². The number of benzene rings is 5. The maximum absolute atomic E-state index is 14.0. The van der Waals surface area contributed by atoms with Crippen LogP contribution in [-0.4, -0.2) is 111 Å². The molecule has 5 aromatic rings. The SMILES string of the molecule is CCOC(=O)C(O)(CC(C)(C)c1cc(Br)cc2c1OCC2)C(F)(F)F.CCc1cccc(C(C)(C)CC(=O)C(F)(F)F)c1OC.CCc1cccc(C(C)(C)CC(O)(CO)C(F)(F)F)c1O.CCc1cccc(C(C)(C)CC(O)(Cc2ccc(C#N)cc2Cl)C(F)(F)F)c1O. The van der Waals surface area contributed by atoms with E-state index in [1.165, 1.54) is 66.0 Å². The Morgan fingerprint density at radius 1 is 0.611 bits per heavy atom. The summed E-state index contributed by atoms with van der Waals surface area (Å²) in [5, 5.41) is 69.2. The average molecular weight is 1450 g/mol. The van der Waals surface area contributed by atoms with E-state index in [9.17, 15) is 87.8 Å². The number of ketones is 1. The second-order valence-corrected chi connectivity index (χ2v) is 27.1. The van der Waals surface area contributed by atoms with Crippen molar-refractivity contribution in [2.45, 2.75) is 204 Å². The number of nitrogens with zero attached hydrogens (tertiary/aromatic N) is 1. The standard InChI is InChI=1S/C22H23ClF3NO2.C17H20BrF3O4.C15H21F3O3.C15H19F3O2/c1-4-15-6-5-7-17(19(15)28)20(2,3)13-21(29,22(24,25)26)11-16-9-8-14(12-27)10-18(16)23;1-4-24-14(22)16(23,17(19,20)21)9-15(2,3)12-8-11(18)7-10-5-6-25-13(10)12;1-4-10-6-5-7-11(12(10)20)13(2,3)8-14(21,9-19)15(16,17)18;1-5-10-7-6-8-11(13(10)20-4)14(2,3)9-12(19)15(16,17)18/h5-10,28-29H,4,11,13H2,1-3H3;7-8,23H,4-6,9H2,1-3H3;5-7,19-21H,4,8-9H2,1-3H3;6-8H,5,9H2,1-4H3. The van der Waals surface area contributed by atoms with Crippen molar-refractivity contribution in [3.05, 3.63) is 150 Å². The van der Waals surface area contributed by atoms with Crippen LogP contribution >= 0.6 is 27.5 Å². The number of fused-ring (bicyclic) bond motifs is 1. The number of carbonyl (C=O) groups is 2. The van der Waals surface area contributed by atoms with E-state index in [1.54, 1.807) is 76.2 Å². The van der Waals surface area contributed by atoms with Crippen LogP contribution in [0.2, 0.25) is 5.02 Å². The Morgan fingerprint density at radius 2 is 1.07 bits per heavy atom. The molecular weight excluding hydrogens is 1360 g/mol. The number of esters is 1. The Bertz CT molecular complexity index is 3490. The molecule has 0 aliphatic carbocycles. The predicted molar refractivity (Wildman–Crippen MR) is 339 cm³/mol. The molecule has 6 rings (SSSR count). The summed E-state index contributed by atoms with van der Waals surface area (Å²) in [5.41, 5.74) is -9.23. The Labute approximate surface area is 559 Å². The maximum Gasteiger partial charge on any atom is 0.450 e. The number of nitriles is 1. The van der Waals surface area contributed by atoms with Crippen LogP contribution in [0, 0.1) is 11.3 Å². The topological polar surface area (TPSA) is 207 Å². The van der Waals surface area contributed by atoms with E-state index in [1.807, 2.05) is 39.0 Å². The van der Waals surface area contributed by atoms with Crippen molar-refractivity contribution in [2.75, 3.05) is 26.9 Å². The number of halogens is 14. The van der Waals surface area contributed by atoms with Crippen molar-refractivity contribution in [3.63, 3.8) is 0 Å². The number of hydrogen-bond acceptors (Lipinski definition) is 12. The highest BCUT2D eigenvalue weighted by molar-refractivity contribution is 9.10. The molecule has 3 atom stereocenters. The third kappa shape index (κ3) is 20.4. The Kier molecular flexibility index (Phi) is 27.9. The van der Waals surface area contributed by atoms with E-state index in [0.717, 1.165) is 11.1 Å². The molecule has 12 nitrogen and oxygen atoms in total. The Balaban J connectivity index is 0.000000334. The molecule has 0 spiro atoms. The van der Waals surface area contributed by atoms with Crippen LogP contribution in [0.1, 0.15) is 164 Å². The van der Waals surface area contributed by atoms with Crippen LogP contribution in [0.25, 0.3) is 0 Å². The number of hydrogen-bond donors (Lipinski definition) is 6. The zero-order valence-electron chi connectivity index (χ0n) is 55.0. The van der Waals surface area contributed by atoms with E-state index >= 15 is 0 Å². The first-order valence-electron chi connectivity index (χ1n) is 30.1. The lowest BCUT2D eigenvalue weighted by Crippen LogP contribution is -2.55. The van der Waals surface area contributed by atoms with Gasteiger partial charge in [-0.15, -0.1) is 0 Å². The minimum Gasteiger partial charge on any atom is -0.507 e. The summed E-state index contributed by atoms with van der Waals surface area (Å²) in [5.74, 6) is -2.44. The number of carbonyl (C=O) groups excluding carboxylic acids is 2. The maximum atomic E-state index is 14.0. The molecule has 1 aliphatic rings. The monoisotopic (exact) mass is 1440 g/mol. The van der Waals surface area contributed by atoms with Crippen molar-refractivity contribution in [3.8, 4) is 29.1 Å². The minimum atomic E-state index is -5.16. The number of aliphatic hydroxyl groups excluding tert-OH is 1. The summed E-state index contributed by atoms with van der Waals surface area (Å²) >= 11 is 9.40. The number of aryl methyl sites for hydroxylation is 3. The highest BCUT2D eigenvalue weighted by atomic mass is 79.9. The fraction of sp³-hybridized carbons (Fsp3) is 0.522.